The average molecular weight is 279 g/mol. The predicted molar refractivity (Wildman–Crippen MR) is 92.4 cm³/mol. The fourth-order valence-electron chi connectivity index (χ4n) is 2.95. The van der Waals surface area contributed by atoms with Gasteiger partial charge in [0.05, 0.1) is 0 Å². The van der Waals surface area contributed by atoms with E-state index in [0.29, 0.717) is 5.92 Å². The van der Waals surface area contributed by atoms with Gasteiger partial charge in [-0.2, -0.15) is 0 Å². The molecule has 21 heavy (non-hydrogen) atoms. The van der Waals surface area contributed by atoms with Crippen molar-refractivity contribution >= 4 is 0 Å². The highest BCUT2D eigenvalue weighted by Crippen LogP contribution is 2.29. The molecule has 0 saturated heterocycles. The smallest absolute Gasteiger partial charge is 0.00893 e. The average Bonchev–Trinajstić information content (AvgIpc) is 2.56. The zero-order chi connectivity index (χ0) is 14.8. The number of hydrogen-bond acceptors (Lipinski definition) is 0. The first-order valence-electron chi connectivity index (χ1n) is 8.31. The van der Waals surface area contributed by atoms with Crippen LogP contribution in [0.4, 0.5) is 0 Å². The van der Waals surface area contributed by atoms with E-state index in [-0.39, 0.29) is 0 Å². The van der Waals surface area contributed by atoms with Crippen LogP contribution in [0.3, 0.4) is 0 Å². The van der Waals surface area contributed by atoms with Crippen LogP contribution in [0.1, 0.15) is 62.0 Å². The van der Waals surface area contributed by atoms with Crippen molar-refractivity contribution < 1.29 is 0 Å². The third-order valence-electron chi connectivity index (χ3n) is 4.15. The fourth-order valence-corrected chi connectivity index (χ4v) is 2.95. The van der Waals surface area contributed by atoms with Crippen LogP contribution in [0.15, 0.2) is 60.7 Å². The molecule has 0 fully saturated rings. The third-order valence-corrected chi connectivity index (χ3v) is 4.15. The van der Waals surface area contributed by atoms with Crippen molar-refractivity contribution in [1.82, 2.24) is 0 Å². The van der Waals surface area contributed by atoms with Gasteiger partial charge < -0.3 is 0 Å². The van der Waals surface area contributed by atoms with Gasteiger partial charge in [-0.1, -0.05) is 106 Å². The second-order valence-corrected chi connectivity index (χ2v) is 5.78. The largest absolute Gasteiger partial charge is 0.0622 e. The first-order chi connectivity index (χ1) is 10.4. The zero-order valence-corrected chi connectivity index (χ0v) is 13.0. The molecule has 1 radical (unpaired) electrons. The summed E-state index contributed by atoms with van der Waals surface area (Å²) in [7, 11) is 0. The Kier molecular flexibility index (Phi) is 7.07. The summed E-state index contributed by atoms with van der Waals surface area (Å²) in [4.78, 5) is 0. The van der Waals surface area contributed by atoms with Crippen LogP contribution in [0, 0.1) is 6.92 Å². The maximum absolute atomic E-state index is 3.91. The molecule has 2 aromatic rings. The molecule has 0 unspecified atom stereocenters. The van der Waals surface area contributed by atoms with Gasteiger partial charge in [0, 0.05) is 5.92 Å². The van der Waals surface area contributed by atoms with Crippen LogP contribution in [0.25, 0.3) is 0 Å². The van der Waals surface area contributed by atoms with Crippen LogP contribution >= 0.6 is 0 Å². The molecule has 0 spiro atoms. The molecule has 111 valence electrons. The summed E-state index contributed by atoms with van der Waals surface area (Å²) in [5.74, 6) is 0.542. The number of benzene rings is 2. The quantitative estimate of drug-likeness (QED) is 0.467. The van der Waals surface area contributed by atoms with Crippen molar-refractivity contribution in [2.45, 2.75) is 50.9 Å². The van der Waals surface area contributed by atoms with E-state index in [1.807, 2.05) is 0 Å². The molecule has 0 bridgehead atoms. The summed E-state index contributed by atoms with van der Waals surface area (Å²) in [6.45, 7) is 3.91. The van der Waals surface area contributed by atoms with Gasteiger partial charge in [-0.15, -0.1) is 0 Å². The molecule has 0 aliphatic heterocycles. The van der Waals surface area contributed by atoms with E-state index in [1.54, 1.807) is 0 Å². The summed E-state index contributed by atoms with van der Waals surface area (Å²) in [6, 6.07) is 21.9. The lowest BCUT2D eigenvalue weighted by molar-refractivity contribution is 0.573. The normalized spacial score (nSPS) is 11.0. The van der Waals surface area contributed by atoms with Gasteiger partial charge in [-0.05, 0) is 17.5 Å². The third kappa shape index (κ3) is 5.38. The molecule has 0 aliphatic carbocycles. The molecule has 0 N–H and O–H groups in total. The lowest BCUT2D eigenvalue weighted by Gasteiger charge is -2.18. The Hall–Kier alpha value is -1.56. The van der Waals surface area contributed by atoms with Crippen LogP contribution in [-0.4, -0.2) is 0 Å². The molecular weight excluding hydrogens is 252 g/mol. The van der Waals surface area contributed by atoms with Crippen LogP contribution in [0.5, 0.6) is 0 Å². The monoisotopic (exact) mass is 279 g/mol. The Morgan fingerprint density at radius 3 is 1.62 bits per heavy atom. The minimum absolute atomic E-state index is 0.542. The molecule has 2 aromatic carbocycles. The van der Waals surface area contributed by atoms with E-state index in [4.69, 9.17) is 0 Å². The van der Waals surface area contributed by atoms with E-state index in [2.05, 4.69) is 67.6 Å². The summed E-state index contributed by atoms with van der Waals surface area (Å²) >= 11 is 0. The van der Waals surface area contributed by atoms with E-state index >= 15 is 0 Å². The van der Waals surface area contributed by atoms with Crippen molar-refractivity contribution in [2.24, 2.45) is 0 Å². The maximum Gasteiger partial charge on any atom is 0.00893 e. The summed E-state index contributed by atoms with van der Waals surface area (Å²) in [5, 5.41) is 0. The SMILES string of the molecule is [CH2]CCCCCCCC(c1ccccc1)c1ccccc1. The van der Waals surface area contributed by atoms with Gasteiger partial charge in [0.1, 0.15) is 0 Å². The fraction of sp³-hybridized carbons (Fsp3) is 0.381. The van der Waals surface area contributed by atoms with E-state index < -0.39 is 0 Å². The van der Waals surface area contributed by atoms with Gasteiger partial charge >= 0.3 is 0 Å². The van der Waals surface area contributed by atoms with Crippen molar-refractivity contribution in [3.05, 3.63) is 78.7 Å². The molecule has 0 aliphatic rings. The highest BCUT2D eigenvalue weighted by atomic mass is 14.2. The Labute approximate surface area is 130 Å². The van der Waals surface area contributed by atoms with E-state index in [9.17, 15) is 0 Å². The minimum Gasteiger partial charge on any atom is -0.0622 e. The second kappa shape index (κ2) is 9.39. The molecule has 0 amide bonds. The molecule has 0 atom stereocenters. The molecule has 2 rings (SSSR count). The lowest BCUT2D eigenvalue weighted by atomic mass is 9.87. The molecule has 0 nitrogen and oxygen atoms in total. The molecule has 0 aromatic heterocycles. The maximum atomic E-state index is 3.91. The van der Waals surface area contributed by atoms with Crippen molar-refractivity contribution in [2.75, 3.05) is 0 Å². The Morgan fingerprint density at radius 2 is 1.10 bits per heavy atom. The van der Waals surface area contributed by atoms with Gasteiger partial charge in [0.25, 0.3) is 0 Å². The highest BCUT2D eigenvalue weighted by Gasteiger charge is 2.12. The number of hydrogen-bond donors (Lipinski definition) is 0. The van der Waals surface area contributed by atoms with Gasteiger partial charge in [-0.25, -0.2) is 0 Å². The van der Waals surface area contributed by atoms with Crippen LogP contribution in [-0.2, 0) is 0 Å². The van der Waals surface area contributed by atoms with Gasteiger partial charge in [0.2, 0.25) is 0 Å². The molecular formula is C21H27. The molecule has 0 heteroatoms. The first-order valence-corrected chi connectivity index (χ1v) is 8.31. The second-order valence-electron chi connectivity index (χ2n) is 5.78. The van der Waals surface area contributed by atoms with E-state index in [1.165, 1.54) is 49.7 Å². The summed E-state index contributed by atoms with van der Waals surface area (Å²) < 4.78 is 0. The predicted octanol–water partition coefficient (Wildman–Crippen LogP) is 6.38. The van der Waals surface area contributed by atoms with Gasteiger partial charge in [-0.3, -0.25) is 0 Å². The Morgan fingerprint density at radius 1 is 0.619 bits per heavy atom. The van der Waals surface area contributed by atoms with Gasteiger partial charge in [0.15, 0.2) is 0 Å². The number of rotatable bonds is 9. The standard InChI is InChI=1S/C21H27/c1-2-3-4-5-6-13-18-21(19-14-9-7-10-15-19)20-16-11-8-12-17-20/h7-12,14-17,21H,1-6,13,18H2. The number of unbranched alkanes of at least 4 members (excludes halogenated alkanes) is 5. The Balaban J connectivity index is 1.94. The minimum atomic E-state index is 0.542. The molecule has 0 heterocycles. The lowest BCUT2D eigenvalue weighted by Crippen LogP contribution is -2.01. The first kappa shape index (κ1) is 15.8. The Bertz CT molecular complexity index is 432. The van der Waals surface area contributed by atoms with Crippen molar-refractivity contribution in [3.63, 3.8) is 0 Å². The highest BCUT2D eigenvalue weighted by molar-refractivity contribution is 5.32. The van der Waals surface area contributed by atoms with Crippen LogP contribution in [0.2, 0.25) is 0 Å². The van der Waals surface area contributed by atoms with E-state index in [0.717, 1.165) is 6.42 Å². The van der Waals surface area contributed by atoms with Crippen LogP contribution < -0.4 is 0 Å². The zero-order valence-electron chi connectivity index (χ0n) is 13.0. The van der Waals surface area contributed by atoms with Crippen molar-refractivity contribution in [3.8, 4) is 0 Å². The summed E-state index contributed by atoms with van der Waals surface area (Å²) in [5.41, 5.74) is 2.89. The molecule has 0 saturated carbocycles. The van der Waals surface area contributed by atoms with Crippen molar-refractivity contribution in [1.29, 1.82) is 0 Å². The topological polar surface area (TPSA) is 0 Å². The summed E-state index contributed by atoms with van der Waals surface area (Å²) in [6.07, 6.45) is 8.95.